The Bertz CT molecular complexity index is 561. The number of carbonyl (C=O) groups excluding carboxylic acids is 2. The van der Waals surface area contributed by atoms with Gasteiger partial charge in [0.25, 0.3) is 5.91 Å². The second-order valence-corrected chi connectivity index (χ2v) is 11.1. The minimum atomic E-state index is -1.75. The summed E-state index contributed by atoms with van der Waals surface area (Å²) in [6, 6.07) is 0. The first-order valence-corrected chi connectivity index (χ1v) is 15.6. The van der Waals surface area contributed by atoms with Gasteiger partial charge in [0.2, 0.25) is 5.91 Å². The van der Waals surface area contributed by atoms with Crippen LogP contribution in [-0.4, -0.2) is 63.2 Å². The van der Waals surface area contributed by atoms with Crippen molar-refractivity contribution in [3.05, 3.63) is 0 Å². The van der Waals surface area contributed by atoms with Crippen LogP contribution in [-0.2, 0) is 9.59 Å². The van der Waals surface area contributed by atoms with Crippen molar-refractivity contribution in [1.29, 1.82) is 0 Å². The highest BCUT2D eigenvalue weighted by Gasteiger charge is 2.32. The molecule has 0 aliphatic carbocycles. The van der Waals surface area contributed by atoms with Gasteiger partial charge in [-0.05, 0) is 19.8 Å². The summed E-state index contributed by atoms with van der Waals surface area (Å²) in [5.74, 6) is -0.904. The molecular formula is C30H60N2O6. The average Bonchev–Trinajstić information content (AvgIpc) is 2.89. The van der Waals surface area contributed by atoms with Crippen LogP contribution in [0.25, 0.3) is 0 Å². The van der Waals surface area contributed by atoms with Gasteiger partial charge in [0.05, 0.1) is 6.10 Å². The Morgan fingerprint density at radius 2 is 0.868 bits per heavy atom. The zero-order valence-electron chi connectivity index (χ0n) is 24.3. The van der Waals surface area contributed by atoms with E-state index in [-0.39, 0.29) is 5.91 Å². The second-order valence-electron chi connectivity index (χ2n) is 11.1. The van der Waals surface area contributed by atoms with Gasteiger partial charge >= 0.3 is 0 Å². The van der Waals surface area contributed by atoms with Crippen LogP contribution in [0, 0.1) is 0 Å². The average molecular weight is 545 g/mol. The molecule has 0 radical (unpaired) electrons. The van der Waals surface area contributed by atoms with Gasteiger partial charge in [-0.2, -0.15) is 0 Å². The van der Waals surface area contributed by atoms with Crippen LogP contribution >= 0.6 is 0 Å². The van der Waals surface area contributed by atoms with E-state index in [1.54, 1.807) is 0 Å². The van der Waals surface area contributed by atoms with Crippen LogP contribution in [0.1, 0.15) is 148 Å². The molecule has 0 aliphatic rings. The van der Waals surface area contributed by atoms with Crippen molar-refractivity contribution in [3.8, 4) is 0 Å². The molecule has 8 nitrogen and oxygen atoms in total. The Morgan fingerprint density at radius 3 is 1.18 bits per heavy atom. The third-order valence-corrected chi connectivity index (χ3v) is 7.34. The lowest BCUT2D eigenvalue weighted by molar-refractivity contribution is -0.145. The maximum atomic E-state index is 11.8. The third-order valence-electron chi connectivity index (χ3n) is 7.34. The minimum absolute atomic E-state index is 0.177. The number of aliphatic hydroxyl groups excluding tert-OH is 4. The van der Waals surface area contributed by atoms with E-state index < -0.39 is 30.3 Å². The molecule has 0 aromatic heterocycles. The Balaban J connectivity index is 3.28. The van der Waals surface area contributed by atoms with Crippen molar-refractivity contribution in [2.24, 2.45) is 5.73 Å². The molecule has 0 spiro atoms. The standard InChI is InChI=1S/C30H60N2O6/c1-25(33)27(35)28(36)29(37)30(38)32-24-22-20-18-16-14-12-10-8-6-4-2-3-5-7-9-11-13-15-17-19-21-23-26(31)34/h25,27-29,33,35-37H,2-24H2,1H3,(H2,31,34)(H,32,38)/t25-,27-,28+,29-/m1/s1. The van der Waals surface area contributed by atoms with Gasteiger partial charge in [0, 0.05) is 13.0 Å². The van der Waals surface area contributed by atoms with Crippen molar-refractivity contribution in [2.45, 2.75) is 173 Å². The van der Waals surface area contributed by atoms with Crippen LogP contribution in [0.2, 0.25) is 0 Å². The molecule has 0 bridgehead atoms. The van der Waals surface area contributed by atoms with Gasteiger partial charge in [-0.25, -0.2) is 0 Å². The van der Waals surface area contributed by atoms with Gasteiger partial charge < -0.3 is 31.5 Å². The Hall–Kier alpha value is -1.22. The number of hydrogen-bond donors (Lipinski definition) is 6. The monoisotopic (exact) mass is 544 g/mol. The summed E-state index contributed by atoms with van der Waals surface area (Å²) in [7, 11) is 0. The zero-order chi connectivity index (χ0) is 28.4. The fraction of sp³-hybridized carbons (Fsp3) is 0.933. The van der Waals surface area contributed by atoms with Crippen LogP contribution in [0.3, 0.4) is 0 Å². The number of amides is 2. The van der Waals surface area contributed by atoms with Crippen molar-refractivity contribution in [2.75, 3.05) is 6.54 Å². The van der Waals surface area contributed by atoms with Crippen LogP contribution < -0.4 is 11.1 Å². The molecule has 0 aromatic carbocycles. The van der Waals surface area contributed by atoms with Crippen LogP contribution in [0.5, 0.6) is 0 Å². The molecule has 0 rings (SSSR count). The fourth-order valence-corrected chi connectivity index (χ4v) is 4.73. The fourth-order valence-electron chi connectivity index (χ4n) is 4.73. The molecule has 2 amide bonds. The summed E-state index contributed by atoms with van der Waals surface area (Å²) in [5, 5.41) is 40.8. The highest BCUT2D eigenvalue weighted by molar-refractivity contribution is 5.81. The van der Waals surface area contributed by atoms with E-state index in [9.17, 15) is 30.0 Å². The summed E-state index contributed by atoms with van der Waals surface area (Å²) < 4.78 is 0. The smallest absolute Gasteiger partial charge is 0.251 e. The number of aliphatic hydroxyl groups is 4. The Morgan fingerprint density at radius 1 is 0.553 bits per heavy atom. The third kappa shape index (κ3) is 22.7. The van der Waals surface area contributed by atoms with E-state index in [0.29, 0.717) is 13.0 Å². The molecule has 0 aliphatic heterocycles. The molecule has 38 heavy (non-hydrogen) atoms. The number of carbonyl (C=O) groups is 2. The molecule has 4 atom stereocenters. The van der Waals surface area contributed by atoms with Crippen LogP contribution in [0.4, 0.5) is 0 Å². The molecule has 8 heteroatoms. The Kier molecular flexibility index (Phi) is 25.2. The number of rotatable bonds is 28. The molecule has 0 saturated heterocycles. The lowest BCUT2D eigenvalue weighted by Crippen LogP contribution is -2.50. The number of nitrogens with two attached hydrogens (primary N) is 1. The summed E-state index contributed by atoms with van der Waals surface area (Å²) >= 11 is 0. The molecule has 0 saturated carbocycles. The number of unbranched alkanes of at least 4 members (excludes halogenated alkanes) is 20. The normalized spacial score (nSPS) is 14.7. The molecule has 7 N–H and O–H groups in total. The van der Waals surface area contributed by atoms with Crippen molar-refractivity contribution in [3.63, 3.8) is 0 Å². The summed E-state index contributed by atoms with van der Waals surface area (Å²) in [6.07, 6.45) is 20.4. The van der Waals surface area contributed by atoms with Crippen molar-refractivity contribution in [1.82, 2.24) is 5.32 Å². The van der Waals surface area contributed by atoms with Gasteiger partial charge in [-0.1, -0.05) is 122 Å². The summed E-state index contributed by atoms with van der Waals surface area (Å²) in [4.78, 5) is 22.5. The number of hydrogen-bond acceptors (Lipinski definition) is 6. The topological polar surface area (TPSA) is 153 Å². The highest BCUT2D eigenvalue weighted by Crippen LogP contribution is 2.15. The molecule has 0 fully saturated rings. The zero-order valence-corrected chi connectivity index (χ0v) is 24.3. The maximum absolute atomic E-state index is 11.8. The first-order valence-electron chi connectivity index (χ1n) is 15.6. The quantitative estimate of drug-likeness (QED) is 0.0789. The predicted octanol–water partition coefficient (Wildman–Crippen LogP) is 4.63. The first kappa shape index (κ1) is 36.8. The molecule has 0 aromatic rings. The molecule has 226 valence electrons. The van der Waals surface area contributed by atoms with Crippen molar-refractivity contribution < 1.29 is 30.0 Å². The van der Waals surface area contributed by atoms with E-state index in [1.807, 2.05) is 0 Å². The van der Waals surface area contributed by atoms with Gasteiger partial charge in [-0.3, -0.25) is 9.59 Å². The Labute approximate surface area is 232 Å². The van der Waals surface area contributed by atoms with E-state index in [4.69, 9.17) is 5.73 Å². The summed E-state index contributed by atoms with van der Waals surface area (Å²) in [6.45, 7) is 1.71. The second kappa shape index (κ2) is 26.0. The molecular weight excluding hydrogens is 484 g/mol. The predicted molar refractivity (Wildman–Crippen MR) is 153 cm³/mol. The van der Waals surface area contributed by atoms with E-state index >= 15 is 0 Å². The lowest BCUT2D eigenvalue weighted by Gasteiger charge is -2.24. The SMILES string of the molecule is C[C@@H](O)[C@@H](O)[C@H](O)[C@@H](O)C(=O)NCCCCCCCCCCCCCCCCCCCCCCCC(N)=O. The molecule has 0 unspecified atom stereocenters. The number of primary amides is 1. The lowest BCUT2D eigenvalue weighted by atomic mass is 10.0. The molecule has 0 heterocycles. The van der Waals surface area contributed by atoms with Gasteiger partial charge in [0.15, 0.2) is 6.10 Å². The van der Waals surface area contributed by atoms with E-state index in [0.717, 1.165) is 32.1 Å². The van der Waals surface area contributed by atoms with E-state index in [1.165, 1.54) is 110 Å². The van der Waals surface area contributed by atoms with Gasteiger partial charge in [-0.15, -0.1) is 0 Å². The van der Waals surface area contributed by atoms with E-state index in [2.05, 4.69) is 5.32 Å². The minimum Gasteiger partial charge on any atom is -0.391 e. The number of nitrogens with one attached hydrogen (secondary N) is 1. The highest BCUT2D eigenvalue weighted by atomic mass is 16.4. The maximum Gasteiger partial charge on any atom is 0.251 e. The van der Waals surface area contributed by atoms with Crippen molar-refractivity contribution >= 4 is 11.8 Å². The van der Waals surface area contributed by atoms with Gasteiger partial charge in [0.1, 0.15) is 12.2 Å². The van der Waals surface area contributed by atoms with Crippen LogP contribution in [0.15, 0.2) is 0 Å². The largest absolute Gasteiger partial charge is 0.391 e. The summed E-state index contributed by atoms with van der Waals surface area (Å²) in [5.41, 5.74) is 5.15. The first-order chi connectivity index (χ1) is 18.3.